The van der Waals surface area contributed by atoms with Crippen molar-refractivity contribution >= 4 is 32.4 Å². The van der Waals surface area contributed by atoms with Gasteiger partial charge >= 0.3 is 0 Å². The second kappa shape index (κ2) is 9.41. The molecule has 3 aromatic rings. The number of carbonyl (C=O) groups excluding carboxylic acids is 1. The Labute approximate surface area is 177 Å². The smallest absolute Gasteiger partial charge is 0.240 e. The summed E-state index contributed by atoms with van der Waals surface area (Å²) < 4.78 is 52.5. The van der Waals surface area contributed by atoms with Gasteiger partial charge in [0, 0.05) is 24.3 Å². The van der Waals surface area contributed by atoms with Crippen molar-refractivity contribution in [3.8, 4) is 0 Å². The van der Waals surface area contributed by atoms with Gasteiger partial charge in [0.25, 0.3) is 0 Å². The van der Waals surface area contributed by atoms with Crippen molar-refractivity contribution in [1.82, 2.24) is 9.71 Å². The summed E-state index contributed by atoms with van der Waals surface area (Å²) in [7, 11) is -3.82. The minimum atomic E-state index is -3.82. The van der Waals surface area contributed by atoms with Gasteiger partial charge in [0.05, 0.1) is 10.6 Å². The van der Waals surface area contributed by atoms with Crippen LogP contribution in [0.15, 0.2) is 53.4 Å². The molecule has 0 aliphatic rings. The van der Waals surface area contributed by atoms with E-state index in [4.69, 9.17) is 0 Å². The monoisotopic (exact) mass is 451 g/mol. The average molecular weight is 452 g/mol. The van der Waals surface area contributed by atoms with Crippen LogP contribution in [0.2, 0.25) is 0 Å². The Hall–Kier alpha value is -2.69. The van der Waals surface area contributed by atoms with Gasteiger partial charge in [-0.1, -0.05) is 12.1 Å². The molecule has 0 atom stereocenters. The van der Waals surface area contributed by atoms with Crippen molar-refractivity contribution in [2.24, 2.45) is 0 Å². The van der Waals surface area contributed by atoms with Crippen molar-refractivity contribution in [3.05, 3.63) is 76.3 Å². The van der Waals surface area contributed by atoms with E-state index in [1.165, 1.54) is 23.5 Å². The van der Waals surface area contributed by atoms with Gasteiger partial charge in [-0.3, -0.25) is 4.79 Å². The van der Waals surface area contributed by atoms with Crippen LogP contribution in [0.25, 0.3) is 0 Å². The van der Waals surface area contributed by atoms with Crippen LogP contribution < -0.4 is 10.0 Å². The third-order valence-electron chi connectivity index (χ3n) is 4.19. The minimum absolute atomic E-state index is 0.0784. The second-order valence-electron chi connectivity index (χ2n) is 6.48. The predicted molar refractivity (Wildman–Crippen MR) is 111 cm³/mol. The van der Waals surface area contributed by atoms with Crippen LogP contribution in [0, 0.1) is 18.6 Å². The van der Waals surface area contributed by atoms with E-state index in [9.17, 15) is 22.0 Å². The number of carbonyl (C=O) groups is 1. The van der Waals surface area contributed by atoms with E-state index in [1.54, 1.807) is 12.1 Å². The standard InChI is InChI=1S/C20H19F2N3O3S2/c1-13-18(12-14-2-4-15(21)5-3-14)29-20(24-13)25-19(26)10-11-23-30(27,28)17-8-6-16(22)7-9-17/h2-9,23H,10-12H2,1H3,(H,24,25,26). The molecule has 3 rings (SSSR count). The highest BCUT2D eigenvalue weighted by molar-refractivity contribution is 7.89. The molecular weight excluding hydrogens is 432 g/mol. The molecule has 2 N–H and O–H groups in total. The highest BCUT2D eigenvalue weighted by Gasteiger charge is 2.15. The van der Waals surface area contributed by atoms with Gasteiger partial charge in [0.15, 0.2) is 5.13 Å². The van der Waals surface area contributed by atoms with E-state index < -0.39 is 15.8 Å². The van der Waals surface area contributed by atoms with Crippen molar-refractivity contribution in [2.45, 2.75) is 24.7 Å². The van der Waals surface area contributed by atoms with Gasteiger partial charge < -0.3 is 5.32 Å². The molecule has 10 heteroatoms. The van der Waals surface area contributed by atoms with E-state index in [2.05, 4.69) is 15.0 Å². The third-order valence-corrected chi connectivity index (χ3v) is 6.73. The fourth-order valence-corrected chi connectivity index (χ4v) is 4.66. The maximum atomic E-state index is 13.0. The summed E-state index contributed by atoms with van der Waals surface area (Å²) in [6.07, 6.45) is 0.476. The number of nitrogens with zero attached hydrogens (tertiary/aromatic N) is 1. The first-order chi connectivity index (χ1) is 14.2. The Kier molecular flexibility index (Phi) is 6.91. The SMILES string of the molecule is Cc1nc(NC(=O)CCNS(=O)(=O)c2ccc(F)cc2)sc1Cc1ccc(F)cc1. The zero-order valence-corrected chi connectivity index (χ0v) is 17.6. The van der Waals surface area contributed by atoms with Crippen LogP contribution in [-0.2, 0) is 21.2 Å². The van der Waals surface area contributed by atoms with Crippen molar-refractivity contribution in [2.75, 3.05) is 11.9 Å². The van der Waals surface area contributed by atoms with Gasteiger partial charge in [-0.15, -0.1) is 11.3 Å². The number of aromatic nitrogens is 1. The lowest BCUT2D eigenvalue weighted by Gasteiger charge is -2.06. The number of anilines is 1. The molecule has 0 saturated carbocycles. The number of rotatable bonds is 8. The molecule has 0 radical (unpaired) electrons. The fourth-order valence-electron chi connectivity index (χ4n) is 2.61. The van der Waals surface area contributed by atoms with E-state index in [0.717, 1.165) is 40.4 Å². The molecule has 1 amide bonds. The lowest BCUT2D eigenvalue weighted by Crippen LogP contribution is -2.27. The molecule has 2 aromatic carbocycles. The Morgan fingerprint density at radius 2 is 1.63 bits per heavy atom. The zero-order chi connectivity index (χ0) is 21.7. The number of benzene rings is 2. The lowest BCUT2D eigenvalue weighted by atomic mass is 10.1. The first kappa shape index (κ1) is 22.0. The highest BCUT2D eigenvalue weighted by Crippen LogP contribution is 2.25. The molecule has 0 aliphatic carbocycles. The van der Waals surface area contributed by atoms with Crippen molar-refractivity contribution in [3.63, 3.8) is 0 Å². The maximum absolute atomic E-state index is 13.0. The molecule has 0 aliphatic heterocycles. The molecule has 6 nitrogen and oxygen atoms in total. The van der Waals surface area contributed by atoms with E-state index in [1.807, 2.05) is 6.92 Å². The maximum Gasteiger partial charge on any atom is 0.240 e. The summed E-state index contributed by atoms with van der Waals surface area (Å²) in [6.45, 7) is 1.71. The number of aryl methyl sites for hydroxylation is 1. The van der Waals surface area contributed by atoms with Crippen LogP contribution >= 0.6 is 11.3 Å². The van der Waals surface area contributed by atoms with Crippen LogP contribution in [-0.4, -0.2) is 25.9 Å². The van der Waals surface area contributed by atoms with Crippen molar-refractivity contribution in [1.29, 1.82) is 0 Å². The second-order valence-corrected chi connectivity index (χ2v) is 9.33. The summed E-state index contributed by atoms with van der Waals surface area (Å²) >= 11 is 1.31. The van der Waals surface area contributed by atoms with Gasteiger partial charge in [-0.2, -0.15) is 0 Å². The Morgan fingerprint density at radius 1 is 1.03 bits per heavy atom. The van der Waals surface area contributed by atoms with Crippen LogP contribution in [0.4, 0.5) is 13.9 Å². The number of sulfonamides is 1. The Bertz CT molecular complexity index is 1130. The molecule has 30 heavy (non-hydrogen) atoms. The van der Waals surface area contributed by atoms with Gasteiger partial charge in [-0.05, 0) is 48.9 Å². The molecule has 0 spiro atoms. The molecule has 158 valence electrons. The lowest BCUT2D eigenvalue weighted by molar-refractivity contribution is -0.116. The van der Waals surface area contributed by atoms with Gasteiger partial charge in [0.2, 0.25) is 15.9 Å². The molecule has 1 heterocycles. The quantitative estimate of drug-likeness (QED) is 0.548. The first-order valence-corrected chi connectivity index (χ1v) is 11.3. The minimum Gasteiger partial charge on any atom is -0.302 e. The molecule has 0 fully saturated rings. The number of hydrogen-bond donors (Lipinski definition) is 2. The topological polar surface area (TPSA) is 88.2 Å². The average Bonchev–Trinajstić information content (AvgIpc) is 3.02. The first-order valence-electron chi connectivity index (χ1n) is 8.99. The number of amides is 1. The summed E-state index contributed by atoms with van der Waals surface area (Å²) in [5.41, 5.74) is 1.69. The molecule has 0 unspecified atom stereocenters. The molecule has 0 bridgehead atoms. The molecule has 1 aromatic heterocycles. The number of thiazole rings is 1. The highest BCUT2D eigenvalue weighted by atomic mass is 32.2. The third kappa shape index (κ3) is 5.91. The largest absolute Gasteiger partial charge is 0.302 e. The van der Waals surface area contributed by atoms with Crippen LogP contribution in [0.3, 0.4) is 0 Å². The Balaban J connectivity index is 1.52. The summed E-state index contributed by atoms with van der Waals surface area (Å²) in [5, 5.41) is 3.07. The van der Waals surface area contributed by atoms with Crippen LogP contribution in [0.5, 0.6) is 0 Å². The van der Waals surface area contributed by atoms with Gasteiger partial charge in [0.1, 0.15) is 11.6 Å². The summed E-state index contributed by atoms with van der Waals surface area (Å²) in [5.74, 6) is -1.23. The molecular formula is C20H19F2N3O3S2. The Morgan fingerprint density at radius 3 is 2.27 bits per heavy atom. The van der Waals surface area contributed by atoms with E-state index in [0.29, 0.717) is 11.6 Å². The normalized spacial score (nSPS) is 11.4. The number of halogens is 2. The van der Waals surface area contributed by atoms with E-state index in [-0.39, 0.29) is 29.6 Å². The number of nitrogens with one attached hydrogen (secondary N) is 2. The predicted octanol–water partition coefficient (Wildman–Crippen LogP) is 3.63. The van der Waals surface area contributed by atoms with Gasteiger partial charge in [-0.25, -0.2) is 26.9 Å². The van der Waals surface area contributed by atoms with Crippen LogP contribution in [0.1, 0.15) is 22.6 Å². The summed E-state index contributed by atoms with van der Waals surface area (Å²) in [6, 6.07) is 10.6. The fraction of sp³-hybridized carbons (Fsp3) is 0.200. The van der Waals surface area contributed by atoms with E-state index >= 15 is 0 Å². The number of hydrogen-bond acceptors (Lipinski definition) is 5. The summed E-state index contributed by atoms with van der Waals surface area (Å²) in [4.78, 5) is 17.3. The zero-order valence-electron chi connectivity index (χ0n) is 16.0. The molecule has 0 saturated heterocycles. The van der Waals surface area contributed by atoms with Crippen molar-refractivity contribution < 1.29 is 22.0 Å².